The van der Waals surface area contributed by atoms with Crippen molar-refractivity contribution in [1.29, 1.82) is 0 Å². The van der Waals surface area contributed by atoms with Crippen LogP contribution in [-0.2, 0) is 0 Å². The Hall–Kier alpha value is -2.29. The fraction of sp³-hybridized carbons (Fsp3) is 0.0714. The molecule has 3 heteroatoms. The minimum atomic E-state index is 0.496. The SMILES string of the molecule is Cc1cccc(OOc2cccc(C=O)c2)c1. The van der Waals surface area contributed by atoms with Gasteiger partial charge in [-0.15, -0.1) is 0 Å². The van der Waals surface area contributed by atoms with Crippen LogP contribution in [0.2, 0.25) is 0 Å². The second-order valence-corrected chi connectivity index (χ2v) is 3.67. The van der Waals surface area contributed by atoms with Crippen LogP contribution in [0.4, 0.5) is 0 Å². The first-order chi connectivity index (χ1) is 8.28. The van der Waals surface area contributed by atoms with E-state index in [1.54, 1.807) is 30.3 Å². The summed E-state index contributed by atoms with van der Waals surface area (Å²) in [5, 5.41) is 0. The molecule has 0 aliphatic carbocycles. The summed E-state index contributed by atoms with van der Waals surface area (Å²) in [6.45, 7) is 1.97. The van der Waals surface area contributed by atoms with Gasteiger partial charge >= 0.3 is 0 Å². The lowest BCUT2D eigenvalue weighted by Crippen LogP contribution is -2.00. The highest BCUT2D eigenvalue weighted by molar-refractivity contribution is 5.75. The summed E-state index contributed by atoms with van der Waals surface area (Å²) < 4.78 is 0. The summed E-state index contributed by atoms with van der Waals surface area (Å²) in [6.07, 6.45) is 0.763. The van der Waals surface area contributed by atoms with Crippen molar-refractivity contribution < 1.29 is 14.6 Å². The van der Waals surface area contributed by atoms with Gasteiger partial charge in [0.2, 0.25) is 0 Å². The third-order valence-corrected chi connectivity index (χ3v) is 2.22. The standard InChI is InChI=1S/C14H12O3/c1-11-4-2-6-13(8-11)16-17-14-7-3-5-12(9-14)10-15/h2-10H,1H3. The van der Waals surface area contributed by atoms with E-state index in [-0.39, 0.29) is 0 Å². The Kier molecular flexibility index (Phi) is 3.40. The van der Waals surface area contributed by atoms with Gasteiger partial charge in [-0.1, -0.05) is 24.3 Å². The molecular formula is C14H12O3. The number of aldehydes is 1. The van der Waals surface area contributed by atoms with Gasteiger partial charge in [-0.3, -0.25) is 14.6 Å². The van der Waals surface area contributed by atoms with Crippen LogP contribution in [0.1, 0.15) is 15.9 Å². The Morgan fingerprint density at radius 1 is 0.941 bits per heavy atom. The number of carbonyl (C=O) groups is 1. The van der Waals surface area contributed by atoms with Crippen LogP contribution in [0.3, 0.4) is 0 Å². The second-order valence-electron chi connectivity index (χ2n) is 3.67. The van der Waals surface area contributed by atoms with Crippen LogP contribution in [0.25, 0.3) is 0 Å². The van der Waals surface area contributed by atoms with Crippen LogP contribution in [0.5, 0.6) is 11.5 Å². The average molecular weight is 228 g/mol. The molecule has 2 aromatic rings. The number of carbonyl (C=O) groups excluding carboxylic acids is 1. The summed E-state index contributed by atoms with van der Waals surface area (Å²) in [5.74, 6) is 1.12. The second kappa shape index (κ2) is 5.16. The third-order valence-electron chi connectivity index (χ3n) is 2.22. The third kappa shape index (κ3) is 3.08. The molecule has 0 saturated carbocycles. The summed E-state index contributed by atoms with van der Waals surface area (Å²) in [7, 11) is 0. The van der Waals surface area contributed by atoms with Crippen molar-refractivity contribution >= 4 is 6.29 Å². The Morgan fingerprint density at radius 2 is 1.59 bits per heavy atom. The molecule has 0 aliphatic rings. The van der Waals surface area contributed by atoms with E-state index in [0.717, 1.165) is 11.8 Å². The number of aryl methyl sites for hydroxylation is 1. The number of benzene rings is 2. The highest BCUT2D eigenvalue weighted by Gasteiger charge is 1.99. The number of hydrogen-bond donors (Lipinski definition) is 0. The molecule has 0 aromatic heterocycles. The van der Waals surface area contributed by atoms with Gasteiger partial charge in [0, 0.05) is 5.56 Å². The monoisotopic (exact) mass is 228 g/mol. The van der Waals surface area contributed by atoms with Crippen LogP contribution in [0, 0.1) is 6.92 Å². The molecule has 0 fully saturated rings. The van der Waals surface area contributed by atoms with Crippen LogP contribution < -0.4 is 9.78 Å². The Bertz CT molecular complexity index is 520. The highest BCUT2D eigenvalue weighted by atomic mass is 17.2. The molecule has 2 aromatic carbocycles. The van der Waals surface area contributed by atoms with E-state index >= 15 is 0 Å². The van der Waals surface area contributed by atoms with Gasteiger partial charge in [-0.05, 0) is 36.8 Å². The van der Waals surface area contributed by atoms with Crippen LogP contribution >= 0.6 is 0 Å². The maximum absolute atomic E-state index is 10.6. The van der Waals surface area contributed by atoms with Crippen molar-refractivity contribution in [2.45, 2.75) is 6.92 Å². The summed E-state index contributed by atoms with van der Waals surface area (Å²) in [5.41, 5.74) is 1.64. The molecule has 0 unspecified atom stereocenters. The average Bonchev–Trinajstić information content (AvgIpc) is 2.37. The quantitative estimate of drug-likeness (QED) is 0.458. The molecule has 2 rings (SSSR count). The van der Waals surface area contributed by atoms with E-state index in [0.29, 0.717) is 17.1 Å². The summed E-state index contributed by atoms with van der Waals surface area (Å²) in [4.78, 5) is 20.9. The zero-order valence-corrected chi connectivity index (χ0v) is 9.42. The van der Waals surface area contributed by atoms with E-state index in [9.17, 15) is 4.79 Å². The fourth-order valence-corrected chi connectivity index (χ4v) is 1.40. The minimum absolute atomic E-state index is 0.496. The van der Waals surface area contributed by atoms with Crippen LogP contribution in [-0.4, -0.2) is 6.29 Å². The van der Waals surface area contributed by atoms with Gasteiger partial charge in [-0.25, -0.2) is 0 Å². The van der Waals surface area contributed by atoms with Crippen molar-refractivity contribution in [2.24, 2.45) is 0 Å². The topological polar surface area (TPSA) is 35.5 Å². The lowest BCUT2D eigenvalue weighted by atomic mass is 10.2. The van der Waals surface area contributed by atoms with Gasteiger partial charge in [-0.2, -0.15) is 0 Å². The lowest BCUT2D eigenvalue weighted by Gasteiger charge is -2.06. The molecule has 0 radical (unpaired) electrons. The Morgan fingerprint density at radius 3 is 2.24 bits per heavy atom. The molecule has 0 saturated heterocycles. The van der Waals surface area contributed by atoms with E-state index in [1.807, 2.05) is 25.1 Å². The maximum atomic E-state index is 10.6. The molecule has 0 bridgehead atoms. The van der Waals surface area contributed by atoms with E-state index < -0.39 is 0 Å². The van der Waals surface area contributed by atoms with Crippen LogP contribution in [0.15, 0.2) is 48.5 Å². The predicted molar refractivity (Wildman–Crippen MR) is 64.3 cm³/mol. The zero-order chi connectivity index (χ0) is 12.1. The van der Waals surface area contributed by atoms with Crippen molar-refractivity contribution in [2.75, 3.05) is 0 Å². The van der Waals surface area contributed by atoms with Gasteiger partial charge in [0.15, 0.2) is 11.5 Å². The Labute approximate surface area is 99.5 Å². The first-order valence-electron chi connectivity index (χ1n) is 5.24. The summed E-state index contributed by atoms with van der Waals surface area (Å²) in [6, 6.07) is 14.3. The largest absolute Gasteiger partial charge is 0.298 e. The molecule has 86 valence electrons. The maximum Gasteiger partial charge on any atom is 0.179 e. The van der Waals surface area contributed by atoms with Gasteiger partial charge < -0.3 is 0 Å². The number of hydrogen-bond acceptors (Lipinski definition) is 3. The van der Waals surface area contributed by atoms with E-state index in [4.69, 9.17) is 9.78 Å². The first kappa shape index (κ1) is 11.2. The fourth-order valence-electron chi connectivity index (χ4n) is 1.40. The summed E-state index contributed by atoms with van der Waals surface area (Å²) >= 11 is 0. The van der Waals surface area contributed by atoms with Crippen molar-refractivity contribution in [1.82, 2.24) is 0 Å². The smallest absolute Gasteiger partial charge is 0.179 e. The zero-order valence-electron chi connectivity index (χ0n) is 9.42. The molecular weight excluding hydrogens is 216 g/mol. The van der Waals surface area contributed by atoms with Crippen molar-refractivity contribution in [3.05, 3.63) is 59.7 Å². The van der Waals surface area contributed by atoms with E-state index in [2.05, 4.69) is 0 Å². The molecule has 0 amide bonds. The van der Waals surface area contributed by atoms with Crippen molar-refractivity contribution in [3.63, 3.8) is 0 Å². The minimum Gasteiger partial charge on any atom is -0.298 e. The normalized spacial score (nSPS) is 9.71. The molecule has 17 heavy (non-hydrogen) atoms. The predicted octanol–water partition coefficient (Wildman–Crippen LogP) is 3.18. The van der Waals surface area contributed by atoms with Crippen molar-refractivity contribution in [3.8, 4) is 11.5 Å². The molecule has 0 heterocycles. The Balaban J connectivity index is 2.04. The highest BCUT2D eigenvalue weighted by Crippen LogP contribution is 2.16. The van der Waals surface area contributed by atoms with E-state index in [1.165, 1.54) is 0 Å². The molecule has 0 spiro atoms. The lowest BCUT2D eigenvalue weighted by molar-refractivity contribution is -0.1000. The molecule has 0 aliphatic heterocycles. The van der Waals surface area contributed by atoms with Gasteiger partial charge in [0.1, 0.15) is 6.29 Å². The first-order valence-corrected chi connectivity index (χ1v) is 5.24. The number of rotatable bonds is 4. The molecule has 0 atom stereocenters. The molecule has 3 nitrogen and oxygen atoms in total. The van der Waals surface area contributed by atoms with Gasteiger partial charge in [0.25, 0.3) is 0 Å². The van der Waals surface area contributed by atoms with Gasteiger partial charge in [0.05, 0.1) is 0 Å². The molecule has 0 N–H and O–H groups in total.